The van der Waals surface area contributed by atoms with Crippen LogP contribution in [-0.4, -0.2) is 56.0 Å². The number of rotatable bonds is 10. The van der Waals surface area contributed by atoms with E-state index in [1.807, 2.05) is 47.9 Å². The Labute approximate surface area is 241 Å². The monoisotopic (exact) mass is 564 g/mol. The number of benzene rings is 2. The van der Waals surface area contributed by atoms with Crippen LogP contribution in [0.5, 0.6) is 6.01 Å². The smallest absolute Gasteiger partial charge is 0.298 e. The first-order valence-electron chi connectivity index (χ1n) is 13.3. The largest absolute Gasteiger partial charge is 0.619 e. The van der Waals surface area contributed by atoms with E-state index in [0.29, 0.717) is 41.8 Å². The highest BCUT2D eigenvalue weighted by atomic mass is 16.7. The van der Waals surface area contributed by atoms with Crippen LogP contribution in [0.15, 0.2) is 79.1 Å². The SMILES string of the molecule is CCOc1nc2cc(-c3cc[n+]([O-])cc3)c(C(OC)OC)nc2n1Cc1ccc(-c2ccccc2)c(-c2nnn[nH]2)c1. The van der Waals surface area contributed by atoms with Crippen LogP contribution in [0.1, 0.15) is 24.5 Å². The summed E-state index contributed by atoms with van der Waals surface area (Å²) in [4.78, 5) is 9.78. The molecule has 0 saturated heterocycles. The third kappa shape index (κ3) is 5.16. The fourth-order valence-corrected chi connectivity index (χ4v) is 4.96. The molecule has 0 fully saturated rings. The molecule has 2 aromatic carbocycles. The van der Waals surface area contributed by atoms with Gasteiger partial charge in [0.1, 0.15) is 11.2 Å². The second-order valence-corrected chi connectivity index (χ2v) is 9.42. The minimum Gasteiger partial charge on any atom is -0.619 e. The van der Waals surface area contributed by atoms with Crippen molar-refractivity contribution in [3.63, 3.8) is 0 Å². The minimum absolute atomic E-state index is 0.410. The van der Waals surface area contributed by atoms with Gasteiger partial charge in [-0.1, -0.05) is 42.5 Å². The van der Waals surface area contributed by atoms with Gasteiger partial charge in [-0.15, -0.1) is 5.10 Å². The zero-order valence-electron chi connectivity index (χ0n) is 23.3. The van der Waals surface area contributed by atoms with Crippen molar-refractivity contribution in [3.8, 4) is 39.7 Å². The number of H-pyrrole nitrogens is 1. The van der Waals surface area contributed by atoms with Crippen LogP contribution >= 0.6 is 0 Å². The number of tetrazole rings is 1. The lowest BCUT2D eigenvalue weighted by molar-refractivity contribution is -0.605. The molecule has 0 unspecified atom stereocenters. The number of hydrogen-bond donors (Lipinski definition) is 1. The molecular weight excluding hydrogens is 536 g/mol. The molecule has 0 saturated carbocycles. The number of ether oxygens (including phenoxy) is 3. The number of aromatic amines is 1. The zero-order chi connectivity index (χ0) is 29.1. The molecule has 6 rings (SSSR count). The average Bonchev–Trinajstić information content (AvgIpc) is 3.67. The maximum absolute atomic E-state index is 11.7. The van der Waals surface area contributed by atoms with Gasteiger partial charge in [-0.3, -0.25) is 4.57 Å². The maximum atomic E-state index is 11.7. The molecule has 0 atom stereocenters. The molecule has 0 spiro atoms. The highest BCUT2D eigenvalue weighted by Crippen LogP contribution is 2.35. The van der Waals surface area contributed by atoms with Crippen molar-refractivity contribution in [1.82, 2.24) is 35.2 Å². The second-order valence-electron chi connectivity index (χ2n) is 9.42. The number of aromatic nitrogens is 8. The molecule has 12 heteroatoms. The van der Waals surface area contributed by atoms with E-state index in [-0.39, 0.29) is 0 Å². The van der Waals surface area contributed by atoms with E-state index < -0.39 is 6.29 Å². The third-order valence-corrected chi connectivity index (χ3v) is 6.86. The Balaban J connectivity index is 1.49. The molecule has 0 aliphatic rings. The summed E-state index contributed by atoms with van der Waals surface area (Å²) in [5.74, 6) is 0.562. The van der Waals surface area contributed by atoms with E-state index in [2.05, 4.69) is 38.8 Å². The van der Waals surface area contributed by atoms with E-state index in [0.717, 1.165) is 38.1 Å². The number of nitrogens with one attached hydrogen (secondary N) is 1. The average molecular weight is 565 g/mol. The molecular formula is C30H28N8O4. The zero-order valence-corrected chi connectivity index (χ0v) is 23.3. The van der Waals surface area contributed by atoms with E-state index >= 15 is 0 Å². The number of fused-ring (bicyclic) bond motifs is 1. The lowest BCUT2D eigenvalue weighted by atomic mass is 9.97. The fourth-order valence-electron chi connectivity index (χ4n) is 4.96. The molecule has 0 amide bonds. The number of nitrogens with zero attached hydrogens (tertiary/aromatic N) is 7. The minimum atomic E-state index is -0.751. The summed E-state index contributed by atoms with van der Waals surface area (Å²) in [6.07, 6.45) is 2.12. The van der Waals surface area contributed by atoms with Gasteiger partial charge in [-0.25, -0.2) is 10.1 Å². The second kappa shape index (κ2) is 11.7. The van der Waals surface area contributed by atoms with Crippen LogP contribution in [0.25, 0.3) is 44.8 Å². The van der Waals surface area contributed by atoms with Crippen molar-refractivity contribution in [2.75, 3.05) is 20.8 Å². The Hall–Kier alpha value is -5.20. The van der Waals surface area contributed by atoms with Crippen LogP contribution in [-0.2, 0) is 16.0 Å². The summed E-state index contributed by atoms with van der Waals surface area (Å²) >= 11 is 0. The topological polar surface area (TPSA) is 140 Å². The third-order valence-electron chi connectivity index (χ3n) is 6.86. The van der Waals surface area contributed by atoms with Crippen molar-refractivity contribution in [3.05, 3.63) is 95.6 Å². The lowest BCUT2D eigenvalue weighted by Gasteiger charge is -2.17. The molecule has 212 valence electrons. The summed E-state index contributed by atoms with van der Waals surface area (Å²) in [5.41, 5.74) is 7.15. The van der Waals surface area contributed by atoms with E-state index in [9.17, 15) is 5.21 Å². The van der Waals surface area contributed by atoms with Gasteiger partial charge in [-0.2, -0.15) is 9.71 Å². The van der Waals surface area contributed by atoms with Gasteiger partial charge in [-0.05, 0) is 51.7 Å². The Morgan fingerprint density at radius 2 is 1.67 bits per heavy atom. The normalized spacial score (nSPS) is 11.4. The van der Waals surface area contributed by atoms with Gasteiger partial charge >= 0.3 is 0 Å². The molecule has 6 aromatic rings. The number of pyridine rings is 2. The molecule has 0 radical (unpaired) electrons. The van der Waals surface area contributed by atoms with Crippen molar-refractivity contribution in [2.24, 2.45) is 0 Å². The summed E-state index contributed by atoms with van der Waals surface area (Å²) in [5, 5.41) is 26.3. The first-order valence-corrected chi connectivity index (χ1v) is 13.3. The Morgan fingerprint density at radius 3 is 2.36 bits per heavy atom. The van der Waals surface area contributed by atoms with Crippen LogP contribution < -0.4 is 9.47 Å². The van der Waals surface area contributed by atoms with Crippen molar-refractivity contribution in [1.29, 1.82) is 0 Å². The maximum Gasteiger partial charge on any atom is 0.298 e. The van der Waals surface area contributed by atoms with E-state index in [1.165, 1.54) is 12.4 Å². The molecule has 0 aliphatic carbocycles. The summed E-state index contributed by atoms with van der Waals surface area (Å²) < 4.78 is 19.8. The molecule has 4 heterocycles. The Bertz CT molecular complexity index is 1800. The molecule has 0 aliphatic heterocycles. The number of imidazole rings is 1. The van der Waals surface area contributed by atoms with E-state index in [1.54, 1.807) is 26.4 Å². The lowest BCUT2D eigenvalue weighted by Crippen LogP contribution is -2.23. The highest BCUT2D eigenvalue weighted by molar-refractivity contribution is 5.82. The van der Waals surface area contributed by atoms with Crippen molar-refractivity contribution < 1.29 is 18.9 Å². The molecule has 42 heavy (non-hydrogen) atoms. The van der Waals surface area contributed by atoms with E-state index in [4.69, 9.17) is 24.2 Å². The summed E-state index contributed by atoms with van der Waals surface area (Å²) in [6.45, 7) is 2.74. The Morgan fingerprint density at radius 1 is 0.905 bits per heavy atom. The quantitative estimate of drug-likeness (QED) is 0.146. The number of hydrogen-bond acceptors (Lipinski definition) is 9. The van der Waals surface area contributed by atoms with Gasteiger partial charge in [0.05, 0.1) is 13.2 Å². The van der Waals surface area contributed by atoms with Crippen LogP contribution in [0.4, 0.5) is 0 Å². The predicted octanol–water partition coefficient (Wildman–Crippen LogP) is 4.32. The van der Waals surface area contributed by atoms with Crippen molar-refractivity contribution in [2.45, 2.75) is 19.8 Å². The first-order chi connectivity index (χ1) is 20.6. The molecule has 4 aromatic heterocycles. The predicted molar refractivity (Wildman–Crippen MR) is 154 cm³/mol. The van der Waals surface area contributed by atoms with Gasteiger partial charge in [0.15, 0.2) is 23.9 Å². The summed E-state index contributed by atoms with van der Waals surface area (Å²) in [7, 11) is 3.11. The summed E-state index contributed by atoms with van der Waals surface area (Å²) in [6, 6.07) is 22.0. The van der Waals surface area contributed by atoms with Crippen LogP contribution in [0, 0.1) is 5.21 Å². The molecule has 0 bridgehead atoms. The Kier molecular flexibility index (Phi) is 7.54. The van der Waals surface area contributed by atoms with Gasteiger partial charge in [0, 0.05) is 37.5 Å². The first kappa shape index (κ1) is 27.0. The van der Waals surface area contributed by atoms with Crippen LogP contribution in [0.3, 0.4) is 0 Å². The van der Waals surface area contributed by atoms with Gasteiger partial charge in [0.25, 0.3) is 6.01 Å². The molecule has 12 nitrogen and oxygen atoms in total. The fraction of sp³-hybridized carbons (Fsp3) is 0.200. The van der Waals surface area contributed by atoms with Crippen molar-refractivity contribution >= 4 is 11.2 Å². The number of methoxy groups -OCH3 is 2. The molecule has 1 N–H and O–H groups in total. The van der Waals surface area contributed by atoms with Crippen LogP contribution in [0.2, 0.25) is 0 Å². The van der Waals surface area contributed by atoms with Gasteiger partial charge in [0.2, 0.25) is 6.29 Å². The van der Waals surface area contributed by atoms with Gasteiger partial charge < -0.3 is 19.4 Å². The standard InChI is InChI=1S/C30H28N8O4/c1-4-42-30-31-25-17-23(21-12-14-37(39)15-13-21)26(29(40-2)41-3)32-28(25)38(30)18-19-10-11-22(20-8-6-5-7-9-20)24(16-19)27-33-35-36-34-27/h5-17,29H,4,18H2,1-3H3,(H,33,34,35,36). The highest BCUT2D eigenvalue weighted by Gasteiger charge is 2.23.